The van der Waals surface area contributed by atoms with Gasteiger partial charge in [0.05, 0.1) is 0 Å². The highest BCUT2D eigenvalue weighted by Gasteiger charge is 2.24. The summed E-state index contributed by atoms with van der Waals surface area (Å²) in [6, 6.07) is 0.480. The van der Waals surface area contributed by atoms with Crippen LogP contribution in [0.3, 0.4) is 0 Å². The van der Waals surface area contributed by atoms with Crippen molar-refractivity contribution in [2.45, 2.75) is 45.6 Å². The van der Waals surface area contributed by atoms with Gasteiger partial charge >= 0.3 is 0 Å². The maximum atomic E-state index is 12.2. The van der Waals surface area contributed by atoms with Crippen LogP contribution in [0.25, 0.3) is 0 Å². The maximum absolute atomic E-state index is 12.2. The standard InChI is InChI=1S/C14H29N3O/c1-4-13(7-8-15)5-6-14(18)17-10-9-16(3)12(2)11-17/h12-13H,4-11,15H2,1-3H3. The molecule has 1 aliphatic rings. The minimum atomic E-state index is 0.324. The lowest BCUT2D eigenvalue weighted by Gasteiger charge is -2.37. The average Bonchev–Trinajstić information content (AvgIpc) is 2.37. The number of rotatable bonds is 6. The number of carbonyl (C=O) groups excluding carboxylic acids is 1. The topological polar surface area (TPSA) is 49.6 Å². The van der Waals surface area contributed by atoms with Crippen LogP contribution in [0.15, 0.2) is 0 Å². The minimum Gasteiger partial charge on any atom is -0.340 e. The van der Waals surface area contributed by atoms with E-state index in [0.29, 0.717) is 24.3 Å². The number of hydrogen-bond acceptors (Lipinski definition) is 3. The molecular weight excluding hydrogens is 226 g/mol. The fourth-order valence-corrected chi connectivity index (χ4v) is 2.55. The molecule has 0 bridgehead atoms. The third-order valence-electron chi connectivity index (χ3n) is 4.23. The van der Waals surface area contributed by atoms with Crippen LogP contribution in [0.1, 0.15) is 39.5 Å². The van der Waals surface area contributed by atoms with Gasteiger partial charge < -0.3 is 15.5 Å². The molecule has 4 nitrogen and oxygen atoms in total. The summed E-state index contributed by atoms with van der Waals surface area (Å²) >= 11 is 0. The van der Waals surface area contributed by atoms with Gasteiger partial charge in [-0.2, -0.15) is 0 Å². The Hall–Kier alpha value is -0.610. The molecule has 0 aromatic carbocycles. The third-order valence-corrected chi connectivity index (χ3v) is 4.23. The zero-order valence-corrected chi connectivity index (χ0v) is 12.2. The molecule has 1 rings (SSSR count). The molecule has 2 atom stereocenters. The molecule has 106 valence electrons. The zero-order valence-electron chi connectivity index (χ0n) is 12.2. The van der Waals surface area contributed by atoms with E-state index in [4.69, 9.17) is 5.73 Å². The van der Waals surface area contributed by atoms with Gasteiger partial charge in [-0.1, -0.05) is 13.3 Å². The molecule has 1 amide bonds. The van der Waals surface area contributed by atoms with Crippen molar-refractivity contribution in [1.82, 2.24) is 9.80 Å². The number of hydrogen-bond donors (Lipinski definition) is 1. The van der Waals surface area contributed by atoms with Gasteiger partial charge in [0.25, 0.3) is 0 Å². The third kappa shape index (κ3) is 4.58. The Morgan fingerprint density at radius 3 is 2.67 bits per heavy atom. The van der Waals surface area contributed by atoms with Crippen LogP contribution in [0.4, 0.5) is 0 Å². The first-order chi connectivity index (χ1) is 8.58. The molecule has 4 heteroatoms. The Bertz CT molecular complexity index is 257. The molecule has 0 aromatic rings. The number of amides is 1. The number of carbonyl (C=O) groups is 1. The van der Waals surface area contributed by atoms with Crippen molar-refractivity contribution >= 4 is 5.91 Å². The van der Waals surface area contributed by atoms with E-state index in [9.17, 15) is 4.79 Å². The fourth-order valence-electron chi connectivity index (χ4n) is 2.55. The monoisotopic (exact) mass is 255 g/mol. The van der Waals surface area contributed by atoms with Crippen LogP contribution in [-0.4, -0.2) is 55.0 Å². The number of nitrogens with two attached hydrogens (primary N) is 1. The Balaban J connectivity index is 2.32. The minimum absolute atomic E-state index is 0.324. The molecule has 0 aromatic heterocycles. The van der Waals surface area contributed by atoms with E-state index in [1.807, 2.05) is 4.90 Å². The highest BCUT2D eigenvalue weighted by atomic mass is 16.2. The normalized spacial score (nSPS) is 23.1. The first kappa shape index (κ1) is 15.4. The second-order valence-corrected chi connectivity index (χ2v) is 5.56. The molecule has 1 saturated heterocycles. The van der Waals surface area contributed by atoms with Crippen molar-refractivity contribution in [2.75, 3.05) is 33.2 Å². The quantitative estimate of drug-likeness (QED) is 0.778. The zero-order chi connectivity index (χ0) is 13.5. The van der Waals surface area contributed by atoms with Gasteiger partial charge in [-0.15, -0.1) is 0 Å². The fraction of sp³-hybridized carbons (Fsp3) is 0.929. The van der Waals surface area contributed by atoms with E-state index in [-0.39, 0.29) is 0 Å². The van der Waals surface area contributed by atoms with Gasteiger partial charge in [-0.05, 0) is 39.3 Å². The predicted octanol–water partition coefficient (Wildman–Crippen LogP) is 1.30. The van der Waals surface area contributed by atoms with Crippen molar-refractivity contribution in [2.24, 2.45) is 11.7 Å². The van der Waals surface area contributed by atoms with Gasteiger partial charge in [0, 0.05) is 32.1 Å². The molecule has 0 aliphatic carbocycles. The van der Waals surface area contributed by atoms with Gasteiger partial charge in [0.15, 0.2) is 0 Å². The molecule has 18 heavy (non-hydrogen) atoms. The molecule has 1 fully saturated rings. The summed E-state index contributed by atoms with van der Waals surface area (Å²) in [5.41, 5.74) is 5.59. The van der Waals surface area contributed by atoms with E-state index in [0.717, 1.165) is 45.4 Å². The highest BCUT2D eigenvalue weighted by molar-refractivity contribution is 5.76. The smallest absolute Gasteiger partial charge is 0.222 e. The Morgan fingerprint density at radius 2 is 2.11 bits per heavy atom. The molecule has 0 saturated carbocycles. The molecule has 2 unspecified atom stereocenters. The molecule has 0 spiro atoms. The van der Waals surface area contributed by atoms with Gasteiger partial charge in [0.1, 0.15) is 0 Å². The number of piperazine rings is 1. The van der Waals surface area contributed by atoms with Crippen molar-refractivity contribution in [1.29, 1.82) is 0 Å². The van der Waals surface area contributed by atoms with Crippen molar-refractivity contribution in [3.63, 3.8) is 0 Å². The summed E-state index contributed by atoms with van der Waals surface area (Å²) in [4.78, 5) is 16.5. The van der Waals surface area contributed by atoms with Crippen LogP contribution in [-0.2, 0) is 4.79 Å². The Labute approximate surface area is 111 Å². The van der Waals surface area contributed by atoms with E-state index in [2.05, 4.69) is 25.8 Å². The lowest BCUT2D eigenvalue weighted by atomic mass is 9.96. The summed E-state index contributed by atoms with van der Waals surface area (Å²) in [5, 5.41) is 0. The lowest BCUT2D eigenvalue weighted by Crippen LogP contribution is -2.52. The summed E-state index contributed by atoms with van der Waals surface area (Å²) in [6.45, 7) is 7.85. The first-order valence-corrected chi connectivity index (χ1v) is 7.26. The van der Waals surface area contributed by atoms with Gasteiger partial charge in [0.2, 0.25) is 5.91 Å². The average molecular weight is 255 g/mol. The Kier molecular flexibility index (Phi) is 6.65. The molecule has 2 N–H and O–H groups in total. The van der Waals surface area contributed by atoms with Crippen molar-refractivity contribution < 1.29 is 4.79 Å². The second kappa shape index (κ2) is 7.74. The van der Waals surface area contributed by atoms with Crippen molar-refractivity contribution in [3.05, 3.63) is 0 Å². The Morgan fingerprint density at radius 1 is 1.39 bits per heavy atom. The maximum Gasteiger partial charge on any atom is 0.222 e. The van der Waals surface area contributed by atoms with Crippen LogP contribution in [0.5, 0.6) is 0 Å². The molecule has 1 heterocycles. The van der Waals surface area contributed by atoms with Crippen LogP contribution < -0.4 is 5.73 Å². The van der Waals surface area contributed by atoms with E-state index in [1.165, 1.54) is 0 Å². The number of likely N-dealkylation sites (N-methyl/N-ethyl adjacent to an activating group) is 1. The largest absolute Gasteiger partial charge is 0.340 e. The van der Waals surface area contributed by atoms with E-state index in [1.54, 1.807) is 0 Å². The predicted molar refractivity (Wildman–Crippen MR) is 75.4 cm³/mol. The molecule has 1 aliphatic heterocycles. The molecule has 0 radical (unpaired) electrons. The van der Waals surface area contributed by atoms with E-state index < -0.39 is 0 Å². The second-order valence-electron chi connectivity index (χ2n) is 5.56. The van der Waals surface area contributed by atoms with E-state index >= 15 is 0 Å². The number of nitrogens with zero attached hydrogens (tertiary/aromatic N) is 2. The summed E-state index contributed by atoms with van der Waals surface area (Å²) in [5.74, 6) is 0.939. The first-order valence-electron chi connectivity index (χ1n) is 7.26. The van der Waals surface area contributed by atoms with Crippen molar-refractivity contribution in [3.8, 4) is 0 Å². The summed E-state index contributed by atoms with van der Waals surface area (Å²) < 4.78 is 0. The van der Waals surface area contributed by atoms with Crippen LogP contribution >= 0.6 is 0 Å². The highest BCUT2D eigenvalue weighted by Crippen LogP contribution is 2.16. The summed E-state index contributed by atoms with van der Waals surface area (Å²) in [7, 11) is 2.13. The van der Waals surface area contributed by atoms with Crippen LogP contribution in [0, 0.1) is 5.92 Å². The van der Waals surface area contributed by atoms with Crippen LogP contribution in [0.2, 0.25) is 0 Å². The molecular formula is C14H29N3O. The van der Waals surface area contributed by atoms with Gasteiger partial charge in [-0.25, -0.2) is 0 Å². The van der Waals surface area contributed by atoms with Gasteiger partial charge in [-0.3, -0.25) is 4.79 Å². The lowest BCUT2D eigenvalue weighted by molar-refractivity contribution is -0.134. The summed E-state index contributed by atoms with van der Waals surface area (Å²) in [6.07, 6.45) is 3.86. The SMILES string of the molecule is CCC(CCN)CCC(=O)N1CCN(C)C(C)C1.